The van der Waals surface area contributed by atoms with Crippen LogP contribution in [0.2, 0.25) is 0 Å². The molecule has 3 aromatic rings. The number of methoxy groups -OCH3 is 1. The van der Waals surface area contributed by atoms with E-state index in [0.29, 0.717) is 22.4 Å². The molecule has 5 rings (SSSR count). The summed E-state index contributed by atoms with van der Waals surface area (Å²) >= 11 is 1.38. The molecule has 2 aliphatic rings. The Morgan fingerprint density at radius 2 is 1.79 bits per heavy atom. The van der Waals surface area contributed by atoms with Gasteiger partial charge in [-0.05, 0) is 77.9 Å². The molecule has 2 heterocycles. The normalized spacial score (nSPS) is 17.3. The molecule has 0 N–H and O–H groups in total. The number of amides is 1. The molecule has 2 aliphatic heterocycles. The maximum Gasteiger partial charge on any atom is 0.267 e. The number of hydrogen-bond donors (Lipinski definition) is 0. The minimum atomic E-state index is -0.0810. The molecule has 6 nitrogen and oxygen atoms in total. The van der Waals surface area contributed by atoms with Crippen molar-refractivity contribution in [3.8, 4) is 17.2 Å². The van der Waals surface area contributed by atoms with Gasteiger partial charge >= 0.3 is 0 Å². The zero-order valence-electron chi connectivity index (χ0n) is 18.3. The predicted molar refractivity (Wildman–Crippen MR) is 130 cm³/mol. The van der Waals surface area contributed by atoms with Gasteiger partial charge in [-0.25, -0.2) is 4.99 Å². The second-order valence-electron chi connectivity index (χ2n) is 7.64. The zero-order valence-corrected chi connectivity index (χ0v) is 19.1. The van der Waals surface area contributed by atoms with Crippen molar-refractivity contribution in [1.29, 1.82) is 0 Å². The summed E-state index contributed by atoms with van der Waals surface area (Å²) in [7, 11) is 1.63. The number of ether oxygens (including phenoxy) is 3. The highest BCUT2D eigenvalue weighted by Gasteiger charge is 2.33. The minimum Gasteiger partial charge on any atom is -0.497 e. The summed E-state index contributed by atoms with van der Waals surface area (Å²) in [4.78, 5) is 20.6. The average molecular weight is 459 g/mol. The molecular weight excluding hydrogens is 436 g/mol. The molecule has 0 aromatic heterocycles. The number of nitrogens with zero attached hydrogens (tertiary/aromatic N) is 2. The second-order valence-corrected chi connectivity index (χ2v) is 8.65. The SMILES string of the molecule is COc1ccc(CN2C(=O)/C(=C/c3cc4c(cc3C)OCO4)SC2=Nc2ccccc2)cc1. The first-order chi connectivity index (χ1) is 16.1. The number of thioether (sulfide) groups is 1. The van der Waals surface area contributed by atoms with Crippen molar-refractivity contribution < 1.29 is 19.0 Å². The summed E-state index contributed by atoms with van der Waals surface area (Å²) in [5, 5.41) is 0.645. The van der Waals surface area contributed by atoms with Crippen molar-refractivity contribution in [3.05, 3.63) is 88.3 Å². The Labute approximate surface area is 196 Å². The lowest BCUT2D eigenvalue weighted by atomic mass is 10.1. The van der Waals surface area contributed by atoms with Crippen LogP contribution in [0.15, 0.2) is 76.6 Å². The van der Waals surface area contributed by atoms with Gasteiger partial charge in [-0.3, -0.25) is 9.69 Å². The van der Waals surface area contributed by atoms with Crippen LogP contribution in [0.4, 0.5) is 5.69 Å². The number of para-hydroxylation sites is 1. The summed E-state index contributed by atoms with van der Waals surface area (Å²) in [5.74, 6) is 2.11. The quantitative estimate of drug-likeness (QED) is 0.470. The molecule has 3 aromatic carbocycles. The molecular formula is C26H22N2O4S. The first kappa shape index (κ1) is 21.2. The van der Waals surface area contributed by atoms with E-state index in [1.807, 2.05) is 79.7 Å². The number of aryl methyl sites for hydroxylation is 1. The molecule has 1 fully saturated rings. The number of amidine groups is 1. The van der Waals surface area contributed by atoms with Crippen LogP contribution in [-0.2, 0) is 11.3 Å². The number of fused-ring (bicyclic) bond motifs is 1. The molecule has 33 heavy (non-hydrogen) atoms. The summed E-state index contributed by atoms with van der Waals surface area (Å²) in [5.41, 5.74) is 3.72. The zero-order chi connectivity index (χ0) is 22.8. The molecule has 0 bridgehead atoms. The van der Waals surface area contributed by atoms with Crippen molar-refractivity contribution in [2.24, 2.45) is 4.99 Å². The Kier molecular flexibility index (Phi) is 5.79. The number of carbonyl (C=O) groups excluding carboxylic acids is 1. The summed E-state index contributed by atoms with van der Waals surface area (Å²) in [6, 6.07) is 21.2. The third-order valence-corrected chi connectivity index (χ3v) is 6.42. The van der Waals surface area contributed by atoms with Crippen molar-refractivity contribution in [2.75, 3.05) is 13.9 Å². The molecule has 7 heteroatoms. The lowest BCUT2D eigenvalue weighted by Crippen LogP contribution is -2.28. The van der Waals surface area contributed by atoms with E-state index in [2.05, 4.69) is 0 Å². The Hall–Kier alpha value is -3.71. The van der Waals surface area contributed by atoms with E-state index >= 15 is 0 Å². The minimum absolute atomic E-state index is 0.0810. The van der Waals surface area contributed by atoms with E-state index in [9.17, 15) is 4.79 Å². The van der Waals surface area contributed by atoms with E-state index in [4.69, 9.17) is 19.2 Å². The number of carbonyl (C=O) groups is 1. The van der Waals surface area contributed by atoms with Crippen molar-refractivity contribution in [1.82, 2.24) is 4.90 Å². The molecule has 0 aliphatic carbocycles. The highest BCUT2D eigenvalue weighted by molar-refractivity contribution is 8.18. The lowest BCUT2D eigenvalue weighted by molar-refractivity contribution is -0.122. The number of benzene rings is 3. The molecule has 0 atom stereocenters. The Morgan fingerprint density at radius 1 is 1.06 bits per heavy atom. The van der Waals surface area contributed by atoms with E-state index < -0.39 is 0 Å². The number of rotatable bonds is 5. The maximum atomic E-state index is 13.5. The first-order valence-electron chi connectivity index (χ1n) is 10.5. The van der Waals surface area contributed by atoms with Crippen molar-refractivity contribution in [2.45, 2.75) is 13.5 Å². The fraction of sp³-hybridized carbons (Fsp3) is 0.154. The topological polar surface area (TPSA) is 60.4 Å². The van der Waals surface area contributed by atoms with Crippen molar-refractivity contribution in [3.63, 3.8) is 0 Å². The van der Waals surface area contributed by atoms with Crippen LogP contribution in [-0.4, -0.2) is 29.9 Å². The van der Waals surface area contributed by atoms with Crippen LogP contribution in [0.25, 0.3) is 6.08 Å². The average Bonchev–Trinajstić information content (AvgIpc) is 3.40. The molecule has 1 saturated heterocycles. The molecule has 1 amide bonds. The highest BCUT2D eigenvalue weighted by atomic mass is 32.2. The van der Waals surface area contributed by atoms with Gasteiger partial charge in [0.15, 0.2) is 16.7 Å². The molecule has 166 valence electrons. The van der Waals surface area contributed by atoms with Gasteiger partial charge in [0.25, 0.3) is 5.91 Å². The summed E-state index contributed by atoms with van der Waals surface area (Å²) in [6.07, 6.45) is 1.90. The Balaban J connectivity index is 1.50. The second kappa shape index (κ2) is 9.03. The highest BCUT2D eigenvalue weighted by Crippen LogP contribution is 2.39. The molecule has 0 spiro atoms. The third kappa shape index (κ3) is 4.45. The lowest BCUT2D eigenvalue weighted by Gasteiger charge is -2.16. The maximum absolute atomic E-state index is 13.5. The third-order valence-electron chi connectivity index (χ3n) is 5.42. The smallest absolute Gasteiger partial charge is 0.267 e. The fourth-order valence-corrected chi connectivity index (χ4v) is 4.60. The van der Waals surface area contributed by atoms with Gasteiger partial charge in [0.1, 0.15) is 5.75 Å². The van der Waals surface area contributed by atoms with Crippen LogP contribution >= 0.6 is 11.8 Å². The van der Waals surface area contributed by atoms with Crippen LogP contribution in [0, 0.1) is 6.92 Å². The van der Waals surface area contributed by atoms with Gasteiger partial charge in [-0.2, -0.15) is 0 Å². The van der Waals surface area contributed by atoms with Crippen LogP contribution < -0.4 is 14.2 Å². The van der Waals surface area contributed by atoms with Gasteiger partial charge in [0, 0.05) is 0 Å². The van der Waals surface area contributed by atoms with Gasteiger partial charge in [-0.15, -0.1) is 0 Å². The van der Waals surface area contributed by atoms with Crippen LogP contribution in [0.1, 0.15) is 16.7 Å². The fourth-order valence-electron chi connectivity index (χ4n) is 3.61. The first-order valence-corrected chi connectivity index (χ1v) is 11.3. The largest absolute Gasteiger partial charge is 0.497 e. The van der Waals surface area contributed by atoms with Gasteiger partial charge < -0.3 is 14.2 Å². The monoisotopic (exact) mass is 458 g/mol. The standard InChI is InChI=1S/C26H22N2O4S/c1-17-12-22-23(32-16-31-22)13-19(17)14-24-25(29)28(15-18-8-10-21(30-2)11-9-18)26(33-24)27-20-6-4-3-5-7-20/h3-14H,15-16H2,1-2H3/b24-14-,27-26?. The Morgan fingerprint density at radius 3 is 2.52 bits per heavy atom. The molecule has 0 saturated carbocycles. The molecule has 0 unspecified atom stereocenters. The van der Waals surface area contributed by atoms with Gasteiger partial charge in [0.2, 0.25) is 6.79 Å². The van der Waals surface area contributed by atoms with E-state index in [1.54, 1.807) is 12.0 Å². The van der Waals surface area contributed by atoms with Crippen molar-refractivity contribution >= 4 is 34.6 Å². The van der Waals surface area contributed by atoms with Crippen LogP contribution in [0.3, 0.4) is 0 Å². The summed E-state index contributed by atoms with van der Waals surface area (Å²) in [6.45, 7) is 2.62. The van der Waals surface area contributed by atoms with E-state index in [1.165, 1.54) is 11.8 Å². The molecule has 0 radical (unpaired) electrons. The predicted octanol–water partition coefficient (Wildman–Crippen LogP) is 5.54. The van der Waals surface area contributed by atoms with Crippen LogP contribution in [0.5, 0.6) is 17.2 Å². The number of hydrogen-bond acceptors (Lipinski definition) is 6. The Bertz CT molecular complexity index is 1250. The van der Waals surface area contributed by atoms with E-state index in [-0.39, 0.29) is 12.7 Å². The van der Waals surface area contributed by atoms with Gasteiger partial charge in [-0.1, -0.05) is 30.3 Å². The van der Waals surface area contributed by atoms with E-state index in [0.717, 1.165) is 33.9 Å². The number of aliphatic imine (C=N–C) groups is 1. The summed E-state index contributed by atoms with van der Waals surface area (Å²) < 4.78 is 16.2. The van der Waals surface area contributed by atoms with Gasteiger partial charge in [0.05, 0.1) is 24.2 Å².